The lowest BCUT2D eigenvalue weighted by Gasteiger charge is -2.30. The van der Waals surface area contributed by atoms with Crippen LogP contribution in [0.15, 0.2) is 48.5 Å². The summed E-state index contributed by atoms with van der Waals surface area (Å²) in [5.74, 6) is -1.50. The van der Waals surface area contributed by atoms with Crippen LogP contribution >= 0.6 is 12.4 Å². The average molecular weight is 461 g/mol. The average Bonchev–Trinajstić information content (AvgIpc) is 2.76. The summed E-state index contributed by atoms with van der Waals surface area (Å²) in [7, 11) is 4.04. The molecule has 0 aliphatic heterocycles. The number of hydrogen-bond acceptors (Lipinski definition) is 4. The van der Waals surface area contributed by atoms with Crippen molar-refractivity contribution in [2.45, 2.75) is 37.8 Å². The number of carbonyl (C=O) groups excluding carboxylic acids is 1. The number of fused-ring (bicyclic) bond motifs is 1. The van der Waals surface area contributed by atoms with E-state index in [9.17, 15) is 13.6 Å². The maximum atomic E-state index is 13.4. The third-order valence-corrected chi connectivity index (χ3v) is 5.77. The molecule has 0 spiro atoms. The number of benzene rings is 2. The number of nitrogens with zero attached hydrogens (tertiary/aromatic N) is 2. The van der Waals surface area contributed by atoms with Crippen molar-refractivity contribution in [1.29, 1.82) is 0 Å². The second-order valence-electron chi connectivity index (χ2n) is 8.23. The number of nitrogens with one attached hydrogen (secondary N) is 2. The molecule has 5 nitrogen and oxygen atoms in total. The molecule has 4 rings (SSSR count). The Morgan fingerprint density at radius 3 is 2.34 bits per heavy atom. The summed E-state index contributed by atoms with van der Waals surface area (Å²) in [4.78, 5) is 19.2. The summed E-state index contributed by atoms with van der Waals surface area (Å²) in [5.41, 5.74) is 2.19. The zero-order valence-corrected chi connectivity index (χ0v) is 18.9. The Hall–Kier alpha value is -2.93. The number of para-hydroxylation sites is 1. The Kier molecular flexibility index (Phi) is 7.51. The van der Waals surface area contributed by atoms with Gasteiger partial charge in [-0.2, -0.15) is 0 Å². The molecule has 1 aliphatic rings. The highest BCUT2D eigenvalue weighted by Crippen LogP contribution is 2.29. The van der Waals surface area contributed by atoms with Gasteiger partial charge in [0.2, 0.25) is 0 Å². The maximum absolute atomic E-state index is 13.4. The predicted molar refractivity (Wildman–Crippen MR) is 127 cm³/mol. The number of pyridine rings is 1. The molecule has 0 atom stereocenters. The lowest BCUT2D eigenvalue weighted by molar-refractivity contribution is 0.0926. The van der Waals surface area contributed by atoms with Gasteiger partial charge in [-0.25, -0.2) is 13.8 Å². The number of hydrogen-bond donors (Lipinski definition) is 2. The number of carbonyl (C=O) groups is 1. The van der Waals surface area contributed by atoms with Crippen LogP contribution in [0.5, 0.6) is 0 Å². The highest BCUT2D eigenvalue weighted by molar-refractivity contribution is 5.94. The second kappa shape index (κ2) is 10.1. The Morgan fingerprint density at radius 2 is 1.66 bits per heavy atom. The van der Waals surface area contributed by atoms with Crippen molar-refractivity contribution in [3.8, 4) is 0 Å². The maximum Gasteiger partial charge on any atom is 0.251 e. The van der Waals surface area contributed by atoms with Crippen LogP contribution in [0.2, 0.25) is 0 Å². The molecule has 1 amide bonds. The molecule has 8 heteroatoms. The van der Waals surface area contributed by atoms with Gasteiger partial charge in [-0.05, 0) is 49.9 Å². The molecule has 1 heterocycles. The Bertz CT molecular complexity index is 1100. The molecule has 0 radical (unpaired) electrons. The zero-order chi connectivity index (χ0) is 22.0. The summed E-state index contributed by atoms with van der Waals surface area (Å²) >= 11 is 0. The van der Waals surface area contributed by atoms with E-state index in [1.807, 2.05) is 32.3 Å². The van der Waals surface area contributed by atoms with Gasteiger partial charge in [-0.3, -0.25) is 4.79 Å². The van der Waals surface area contributed by atoms with Crippen molar-refractivity contribution >= 4 is 40.7 Å². The standard InChI is InChI=1S/C24H26F2N4O.ClH/c1-30(2)22-14-23(29-21-6-4-3-5-18(21)22)27-16-8-10-17(11-9-16)28-24(31)15-7-12-19(25)20(26)13-15;/h3-7,12-14,16-17H,8-11H2,1-2H3,(H,27,29)(H,28,31);1H/t16-,17+;. The zero-order valence-electron chi connectivity index (χ0n) is 18.1. The van der Waals surface area contributed by atoms with Gasteiger partial charge in [0.1, 0.15) is 5.82 Å². The lowest BCUT2D eigenvalue weighted by atomic mass is 9.91. The number of aromatic nitrogens is 1. The molecule has 0 unspecified atom stereocenters. The van der Waals surface area contributed by atoms with Gasteiger partial charge in [0, 0.05) is 48.9 Å². The van der Waals surface area contributed by atoms with E-state index in [-0.39, 0.29) is 36.0 Å². The SMILES string of the molecule is CN(C)c1cc(N[C@H]2CC[C@@H](NC(=O)c3ccc(F)c(F)c3)CC2)nc2ccccc12.Cl. The molecule has 1 saturated carbocycles. The number of halogens is 3. The van der Waals surface area contributed by atoms with E-state index in [4.69, 9.17) is 4.98 Å². The van der Waals surface area contributed by atoms with Gasteiger partial charge in [0.15, 0.2) is 11.6 Å². The smallest absolute Gasteiger partial charge is 0.251 e. The van der Waals surface area contributed by atoms with E-state index in [1.165, 1.54) is 6.07 Å². The third-order valence-electron chi connectivity index (χ3n) is 5.77. The number of rotatable bonds is 5. The van der Waals surface area contributed by atoms with E-state index in [0.717, 1.165) is 60.2 Å². The Balaban J connectivity index is 0.00000289. The fourth-order valence-corrected chi connectivity index (χ4v) is 4.10. The third kappa shape index (κ3) is 5.27. The molecule has 0 saturated heterocycles. The quantitative estimate of drug-likeness (QED) is 0.552. The highest BCUT2D eigenvalue weighted by atomic mass is 35.5. The molecule has 0 bridgehead atoms. The molecular formula is C24H27ClF2N4O. The van der Waals surface area contributed by atoms with Crippen LogP contribution < -0.4 is 15.5 Å². The van der Waals surface area contributed by atoms with E-state index in [1.54, 1.807) is 0 Å². The first-order chi connectivity index (χ1) is 14.9. The van der Waals surface area contributed by atoms with E-state index >= 15 is 0 Å². The predicted octanol–water partition coefficient (Wildman–Crippen LogP) is 5.15. The van der Waals surface area contributed by atoms with Crippen molar-refractivity contribution in [2.75, 3.05) is 24.3 Å². The first kappa shape index (κ1) is 23.7. The number of amides is 1. The molecule has 3 aromatic rings. The first-order valence-corrected chi connectivity index (χ1v) is 10.5. The molecule has 1 aromatic heterocycles. The molecule has 170 valence electrons. The molecule has 2 aromatic carbocycles. The highest BCUT2D eigenvalue weighted by Gasteiger charge is 2.23. The number of anilines is 2. The van der Waals surface area contributed by atoms with Gasteiger partial charge in [-0.15, -0.1) is 12.4 Å². The minimum absolute atomic E-state index is 0. The summed E-state index contributed by atoms with van der Waals surface area (Å²) in [6.45, 7) is 0. The molecule has 32 heavy (non-hydrogen) atoms. The molecule has 1 aliphatic carbocycles. The van der Waals surface area contributed by atoms with Crippen molar-refractivity contribution < 1.29 is 13.6 Å². The topological polar surface area (TPSA) is 57.3 Å². The van der Waals surface area contributed by atoms with Crippen LogP contribution in [0.1, 0.15) is 36.0 Å². The van der Waals surface area contributed by atoms with Crippen molar-refractivity contribution in [2.24, 2.45) is 0 Å². The van der Waals surface area contributed by atoms with Gasteiger partial charge in [0.05, 0.1) is 5.52 Å². The van der Waals surface area contributed by atoms with Crippen LogP contribution in [-0.4, -0.2) is 37.1 Å². The van der Waals surface area contributed by atoms with Gasteiger partial charge >= 0.3 is 0 Å². The fraction of sp³-hybridized carbons (Fsp3) is 0.333. The second-order valence-corrected chi connectivity index (χ2v) is 8.23. The minimum Gasteiger partial charge on any atom is -0.377 e. The van der Waals surface area contributed by atoms with Crippen LogP contribution in [-0.2, 0) is 0 Å². The van der Waals surface area contributed by atoms with E-state index in [0.29, 0.717) is 0 Å². The monoisotopic (exact) mass is 460 g/mol. The lowest BCUT2D eigenvalue weighted by Crippen LogP contribution is -2.40. The van der Waals surface area contributed by atoms with Crippen LogP contribution in [0.4, 0.5) is 20.3 Å². The largest absolute Gasteiger partial charge is 0.377 e. The van der Waals surface area contributed by atoms with Gasteiger partial charge in [-0.1, -0.05) is 18.2 Å². The van der Waals surface area contributed by atoms with Gasteiger partial charge < -0.3 is 15.5 Å². The normalized spacial score (nSPS) is 18.0. The van der Waals surface area contributed by atoms with Crippen molar-refractivity contribution in [3.63, 3.8) is 0 Å². The van der Waals surface area contributed by atoms with Gasteiger partial charge in [0.25, 0.3) is 5.91 Å². The molecular weight excluding hydrogens is 434 g/mol. The first-order valence-electron chi connectivity index (χ1n) is 10.5. The Labute approximate surface area is 192 Å². The van der Waals surface area contributed by atoms with Crippen molar-refractivity contribution in [1.82, 2.24) is 10.3 Å². The van der Waals surface area contributed by atoms with Crippen LogP contribution in [0.25, 0.3) is 10.9 Å². The summed E-state index contributed by atoms with van der Waals surface area (Å²) in [6, 6.07) is 13.6. The van der Waals surface area contributed by atoms with Crippen LogP contribution in [0.3, 0.4) is 0 Å². The van der Waals surface area contributed by atoms with E-state index in [2.05, 4.69) is 27.7 Å². The van der Waals surface area contributed by atoms with Crippen molar-refractivity contribution in [3.05, 3.63) is 65.7 Å². The Morgan fingerprint density at radius 1 is 0.969 bits per heavy atom. The molecule has 1 fully saturated rings. The van der Waals surface area contributed by atoms with Crippen LogP contribution in [0, 0.1) is 11.6 Å². The summed E-state index contributed by atoms with van der Waals surface area (Å²) in [6.07, 6.45) is 3.38. The summed E-state index contributed by atoms with van der Waals surface area (Å²) < 4.78 is 26.5. The molecule has 2 N–H and O–H groups in total. The summed E-state index contributed by atoms with van der Waals surface area (Å²) in [5, 5.41) is 7.59. The van der Waals surface area contributed by atoms with E-state index < -0.39 is 11.6 Å². The fourth-order valence-electron chi connectivity index (χ4n) is 4.10. The minimum atomic E-state index is -1.01.